The highest BCUT2D eigenvalue weighted by atomic mass is 16.5. The van der Waals surface area contributed by atoms with E-state index in [1.807, 2.05) is 0 Å². The minimum absolute atomic E-state index is 0.191. The van der Waals surface area contributed by atoms with Crippen LogP contribution in [0.4, 0.5) is 4.79 Å². The van der Waals surface area contributed by atoms with Crippen molar-refractivity contribution in [2.24, 2.45) is 11.3 Å². The predicted molar refractivity (Wildman–Crippen MR) is 84.2 cm³/mol. The summed E-state index contributed by atoms with van der Waals surface area (Å²) in [6.45, 7) is 7.39. The van der Waals surface area contributed by atoms with Gasteiger partial charge in [-0.1, -0.05) is 27.2 Å². The number of methoxy groups -OCH3 is 1. The van der Waals surface area contributed by atoms with E-state index < -0.39 is 6.10 Å². The largest absolute Gasteiger partial charge is 0.389 e. The highest BCUT2D eigenvalue weighted by molar-refractivity contribution is 5.74. The molecular formula is C16H32N2O3. The summed E-state index contributed by atoms with van der Waals surface area (Å²) in [5.41, 5.74) is 0.400. The highest BCUT2D eigenvalue weighted by Gasteiger charge is 2.32. The minimum atomic E-state index is -0.651. The maximum atomic E-state index is 11.8. The van der Waals surface area contributed by atoms with Crippen LogP contribution in [0, 0.1) is 11.3 Å². The number of nitrogens with one attached hydrogen (secondary N) is 2. The molecule has 0 bridgehead atoms. The Labute approximate surface area is 128 Å². The Hall–Kier alpha value is -0.810. The summed E-state index contributed by atoms with van der Waals surface area (Å²) in [5, 5.41) is 15.2. The zero-order chi connectivity index (χ0) is 15.9. The van der Waals surface area contributed by atoms with Crippen molar-refractivity contribution in [2.45, 2.75) is 65.0 Å². The Morgan fingerprint density at radius 1 is 1.33 bits per heavy atom. The van der Waals surface area contributed by atoms with Gasteiger partial charge in [-0.05, 0) is 37.0 Å². The molecule has 0 aromatic heterocycles. The summed E-state index contributed by atoms with van der Waals surface area (Å²) in [6.07, 6.45) is 5.00. The summed E-state index contributed by atoms with van der Waals surface area (Å²) in [4.78, 5) is 11.8. The van der Waals surface area contributed by atoms with Crippen molar-refractivity contribution in [3.63, 3.8) is 0 Å². The fourth-order valence-corrected chi connectivity index (χ4v) is 3.01. The van der Waals surface area contributed by atoms with Gasteiger partial charge in [0.2, 0.25) is 0 Å². The van der Waals surface area contributed by atoms with E-state index in [2.05, 4.69) is 31.4 Å². The number of rotatable bonds is 7. The third kappa shape index (κ3) is 6.22. The number of hydrogen-bond acceptors (Lipinski definition) is 3. The van der Waals surface area contributed by atoms with Crippen molar-refractivity contribution < 1.29 is 14.6 Å². The molecule has 0 aliphatic heterocycles. The Kier molecular flexibility index (Phi) is 7.46. The highest BCUT2D eigenvalue weighted by Crippen LogP contribution is 2.40. The van der Waals surface area contributed by atoms with Crippen LogP contribution in [0.15, 0.2) is 0 Å². The summed E-state index contributed by atoms with van der Waals surface area (Å²) >= 11 is 0. The molecular weight excluding hydrogens is 268 g/mol. The van der Waals surface area contributed by atoms with E-state index in [1.54, 1.807) is 0 Å². The van der Waals surface area contributed by atoms with Crippen LogP contribution in [0.25, 0.3) is 0 Å². The number of aliphatic hydroxyl groups is 1. The molecule has 1 rings (SSSR count). The third-order valence-corrected chi connectivity index (χ3v) is 4.94. The van der Waals surface area contributed by atoms with Crippen LogP contribution < -0.4 is 10.6 Å². The Bertz CT molecular complexity index is 313. The van der Waals surface area contributed by atoms with Crippen LogP contribution >= 0.6 is 0 Å². The van der Waals surface area contributed by atoms with Crippen LogP contribution in [-0.2, 0) is 4.74 Å². The standard InChI is InChI=1S/C16H32N2O3/c1-5-16(2,3)12-6-8-13(9-7-12)18-15(20)17-10-14(19)11-21-4/h12-14,19H,5-11H2,1-4H3,(H2,17,18,20). The molecule has 21 heavy (non-hydrogen) atoms. The number of hydrogen-bond donors (Lipinski definition) is 3. The molecule has 1 atom stereocenters. The van der Waals surface area contributed by atoms with Gasteiger partial charge in [0.05, 0.1) is 12.7 Å². The van der Waals surface area contributed by atoms with Crippen molar-refractivity contribution in [1.82, 2.24) is 10.6 Å². The Balaban J connectivity index is 2.24. The van der Waals surface area contributed by atoms with Crippen LogP contribution in [0.2, 0.25) is 0 Å². The van der Waals surface area contributed by atoms with Gasteiger partial charge < -0.3 is 20.5 Å². The van der Waals surface area contributed by atoms with E-state index in [-0.39, 0.29) is 25.2 Å². The quantitative estimate of drug-likeness (QED) is 0.675. The summed E-state index contributed by atoms with van der Waals surface area (Å²) in [6, 6.07) is 0.0665. The SMILES string of the molecule is CCC(C)(C)C1CCC(NC(=O)NCC(O)COC)CC1. The average Bonchev–Trinajstić information content (AvgIpc) is 2.46. The molecule has 0 heterocycles. The van der Waals surface area contributed by atoms with E-state index in [0.717, 1.165) is 18.8 Å². The van der Waals surface area contributed by atoms with E-state index in [1.165, 1.54) is 26.4 Å². The maximum absolute atomic E-state index is 11.8. The Morgan fingerprint density at radius 2 is 1.95 bits per heavy atom. The number of amides is 2. The van der Waals surface area contributed by atoms with Crippen molar-refractivity contribution >= 4 is 6.03 Å². The zero-order valence-corrected chi connectivity index (χ0v) is 13.9. The lowest BCUT2D eigenvalue weighted by Gasteiger charge is -2.39. The van der Waals surface area contributed by atoms with E-state index in [4.69, 9.17) is 4.74 Å². The first-order valence-electron chi connectivity index (χ1n) is 8.10. The number of carbonyl (C=O) groups excluding carboxylic acids is 1. The van der Waals surface area contributed by atoms with Gasteiger partial charge >= 0.3 is 6.03 Å². The van der Waals surface area contributed by atoms with Gasteiger partial charge in [-0.2, -0.15) is 0 Å². The monoisotopic (exact) mass is 300 g/mol. The average molecular weight is 300 g/mol. The van der Waals surface area contributed by atoms with Gasteiger partial charge in [0, 0.05) is 19.7 Å². The molecule has 5 heteroatoms. The second kappa shape index (κ2) is 8.59. The van der Waals surface area contributed by atoms with E-state index >= 15 is 0 Å². The van der Waals surface area contributed by atoms with Gasteiger partial charge in [0.1, 0.15) is 0 Å². The molecule has 0 radical (unpaired) electrons. The molecule has 0 aromatic carbocycles. The number of urea groups is 1. The van der Waals surface area contributed by atoms with Crippen molar-refractivity contribution in [3.05, 3.63) is 0 Å². The smallest absolute Gasteiger partial charge is 0.315 e. The lowest BCUT2D eigenvalue weighted by molar-refractivity contribution is 0.0657. The van der Waals surface area contributed by atoms with Gasteiger partial charge in [-0.15, -0.1) is 0 Å². The molecule has 3 N–H and O–H groups in total. The molecule has 1 unspecified atom stereocenters. The fraction of sp³-hybridized carbons (Fsp3) is 0.938. The molecule has 124 valence electrons. The van der Waals surface area contributed by atoms with E-state index in [9.17, 15) is 9.90 Å². The molecule has 2 amide bonds. The second-order valence-corrected chi connectivity index (χ2v) is 6.85. The molecule has 0 aromatic rings. The molecule has 0 saturated heterocycles. The topological polar surface area (TPSA) is 70.6 Å². The van der Waals surface area contributed by atoms with Gasteiger partial charge in [0.25, 0.3) is 0 Å². The first kappa shape index (κ1) is 18.2. The first-order chi connectivity index (χ1) is 9.89. The number of aliphatic hydroxyl groups excluding tert-OH is 1. The third-order valence-electron chi connectivity index (χ3n) is 4.94. The Morgan fingerprint density at radius 3 is 2.48 bits per heavy atom. The number of carbonyl (C=O) groups is 1. The van der Waals surface area contributed by atoms with Gasteiger partial charge in [0.15, 0.2) is 0 Å². The van der Waals surface area contributed by atoms with Gasteiger partial charge in [-0.25, -0.2) is 4.79 Å². The van der Waals surface area contributed by atoms with Crippen LogP contribution in [0.3, 0.4) is 0 Å². The van der Waals surface area contributed by atoms with Crippen LogP contribution in [0.5, 0.6) is 0 Å². The molecule has 1 saturated carbocycles. The normalized spacial score (nSPS) is 24.4. The lowest BCUT2D eigenvalue weighted by atomic mass is 9.69. The lowest BCUT2D eigenvalue weighted by Crippen LogP contribution is -2.46. The van der Waals surface area contributed by atoms with Crippen LogP contribution in [-0.4, -0.2) is 43.5 Å². The van der Waals surface area contributed by atoms with Crippen molar-refractivity contribution in [3.8, 4) is 0 Å². The molecule has 1 aliphatic carbocycles. The molecule has 5 nitrogen and oxygen atoms in total. The maximum Gasteiger partial charge on any atom is 0.315 e. The summed E-state index contributed by atoms with van der Waals surface area (Å²) < 4.78 is 4.82. The zero-order valence-electron chi connectivity index (χ0n) is 13.9. The fourth-order valence-electron chi connectivity index (χ4n) is 3.01. The minimum Gasteiger partial charge on any atom is -0.389 e. The predicted octanol–water partition coefficient (Wildman–Crippen LogP) is 2.29. The molecule has 0 spiro atoms. The second-order valence-electron chi connectivity index (χ2n) is 6.85. The number of ether oxygens (including phenoxy) is 1. The van der Waals surface area contributed by atoms with Crippen molar-refractivity contribution in [2.75, 3.05) is 20.3 Å². The summed E-state index contributed by atoms with van der Waals surface area (Å²) in [7, 11) is 1.53. The molecule has 1 aliphatic rings. The van der Waals surface area contributed by atoms with Gasteiger partial charge in [-0.3, -0.25) is 0 Å². The summed E-state index contributed by atoms with van der Waals surface area (Å²) in [5.74, 6) is 0.757. The van der Waals surface area contributed by atoms with E-state index in [0.29, 0.717) is 5.41 Å². The van der Waals surface area contributed by atoms with Crippen molar-refractivity contribution in [1.29, 1.82) is 0 Å². The van der Waals surface area contributed by atoms with Crippen LogP contribution in [0.1, 0.15) is 52.9 Å². The molecule has 1 fully saturated rings. The first-order valence-corrected chi connectivity index (χ1v) is 8.10.